The molecule has 1 saturated heterocycles. The lowest BCUT2D eigenvalue weighted by atomic mass is 9.95. The number of aryl methyl sites for hydroxylation is 1. The van der Waals surface area contributed by atoms with Crippen molar-refractivity contribution in [2.45, 2.75) is 45.0 Å². The van der Waals surface area contributed by atoms with E-state index in [2.05, 4.69) is 20.4 Å². The molecular formula is C24H28ClF3N6O4S. The summed E-state index contributed by atoms with van der Waals surface area (Å²) in [5.41, 5.74) is 1.72. The van der Waals surface area contributed by atoms with Crippen LogP contribution in [0.3, 0.4) is 0 Å². The topological polar surface area (TPSA) is 119 Å². The Balaban J connectivity index is 1.64. The highest BCUT2D eigenvalue weighted by molar-refractivity contribution is 7.91. The van der Waals surface area contributed by atoms with Gasteiger partial charge in [-0.3, -0.25) is 4.79 Å². The predicted molar refractivity (Wildman–Crippen MR) is 139 cm³/mol. The Bertz CT molecular complexity index is 1480. The Morgan fingerprint density at radius 3 is 2.54 bits per heavy atom. The molecule has 2 aromatic heterocycles. The summed E-state index contributed by atoms with van der Waals surface area (Å²) >= 11 is 5.94. The number of hydrogen-bond donors (Lipinski definition) is 1. The first-order valence-corrected chi connectivity index (χ1v) is 14.3. The molecule has 1 aliphatic rings. The summed E-state index contributed by atoms with van der Waals surface area (Å²) in [4.78, 5) is 21.9. The van der Waals surface area contributed by atoms with E-state index in [1.165, 1.54) is 36.9 Å². The molecule has 4 rings (SSSR count). The zero-order chi connectivity index (χ0) is 28.7. The fourth-order valence-corrected chi connectivity index (χ4v) is 6.44. The molecule has 10 nitrogen and oxygen atoms in total. The number of rotatable bonds is 7. The highest BCUT2D eigenvalue weighted by atomic mass is 35.5. The summed E-state index contributed by atoms with van der Waals surface area (Å²) in [5.74, 6) is -1.67. The molecular weight excluding hydrogens is 561 g/mol. The first kappa shape index (κ1) is 29.0. The molecule has 3 heterocycles. The third-order valence-corrected chi connectivity index (χ3v) is 8.78. The van der Waals surface area contributed by atoms with Crippen LogP contribution >= 0.6 is 11.6 Å². The Labute approximate surface area is 228 Å². The lowest BCUT2D eigenvalue weighted by molar-refractivity contribution is -0.190. The van der Waals surface area contributed by atoms with E-state index in [4.69, 9.17) is 16.3 Å². The largest absolute Gasteiger partial charge is 0.413 e. The molecule has 1 fully saturated rings. The second kappa shape index (κ2) is 10.9. The number of ether oxygens (including phenoxy) is 1. The van der Waals surface area contributed by atoms with E-state index in [-0.39, 0.29) is 41.0 Å². The van der Waals surface area contributed by atoms with Crippen LogP contribution in [-0.2, 0) is 19.4 Å². The number of alkyl halides is 3. The average Bonchev–Trinajstić information content (AvgIpc) is 3.23. The smallest absolute Gasteiger partial charge is 0.375 e. The van der Waals surface area contributed by atoms with Crippen molar-refractivity contribution in [1.29, 1.82) is 0 Å². The Hall–Kier alpha value is -2.97. The van der Waals surface area contributed by atoms with Crippen LogP contribution < -0.4 is 5.32 Å². The highest BCUT2D eigenvalue weighted by Crippen LogP contribution is 2.40. The van der Waals surface area contributed by atoms with E-state index in [9.17, 15) is 26.4 Å². The quantitative estimate of drug-likeness (QED) is 0.431. The van der Waals surface area contributed by atoms with Gasteiger partial charge in [0.25, 0.3) is 5.78 Å². The van der Waals surface area contributed by atoms with E-state index in [1.807, 2.05) is 0 Å². The fraction of sp³-hybridized carbons (Fsp3) is 0.500. The molecule has 15 heteroatoms. The molecule has 2 atom stereocenters. The minimum atomic E-state index is -4.76. The third-order valence-electron chi connectivity index (χ3n) is 6.91. The van der Waals surface area contributed by atoms with Gasteiger partial charge in [0.05, 0.1) is 35.2 Å². The zero-order valence-corrected chi connectivity index (χ0v) is 23.2. The number of fused-ring (bicyclic) bond motifs is 1. The predicted octanol–water partition coefficient (Wildman–Crippen LogP) is 4.42. The van der Waals surface area contributed by atoms with Crippen molar-refractivity contribution in [3.05, 3.63) is 46.5 Å². The van der Waals surface area contributed by atoms with Crippen molar-refractivity contribution >= 4 is 44.5 Å². The normalized spacial score (nSPS) is 17.6. The van der Waals surface area contributed by atoms with Gasteiger partial charge >= 0.3 is 6.18 Å². The van der Waals surface area contributed by atoms with Gasteiger partial charge in [-0.1, -0.05) is 6.07 Å². The van der Waals surface area contributed by atoms with Gasteiger partial charge in [0.2, 0.25) is 11.2 Å². The van der Waals surface area contributed by atoms with Gasteiger partial charge in [-0.15, -0.1) is 5.10 Å². The lowest BCUT2D eigenvalue weighted by Gasteiger charge is -2.34. The van der Waals surface area contributed by atoms with Crippen molar-refractivity contribution < 1.29 is 31.1 Å². The van der Waals surface area contributed by atoms with Crippen LogP contribution in [0.2, 0.25) is 5.28 Å². The number of methoxy groups -OCH3 is 1. The Morgan fingerprint density at radius 1 is 1.28 bits per heavy atom. The van der Waals surface area contributed by atoms with Crippen LogP contribution in [0.25, 0.3) is 5.78 Å². The summed E-state index contributed by atoms with van der Waals surface area (Å²) < 4.78 is 73.3. The number of anilines is 2. The van der Waals surface area contributed by atoms with Crippen LogP contribution in [0.5, 0.6) is 0 Å². The van der Waals surface area contributed by atoms with Gasteiger partial charge < -0.3 is 15.0 Å². The first-order valence-electron chi connectivity index (χ1n) is 12.1. The zero-order valence-electron chi connectivity index (χ0n) is 21.7. The standard InChI is InChI=1S/C24H28ClF3N6O4S/c1-13-11-16(30-18-12-29-23-31-22(25)32-34(23)19(18)14(2)38-4)5-6-17(13)20(24(26,27)28)33(3)21(35)15-7-9-39(36,37)10-8-15/h5-6,11-12,14-15,20,30H,7-10H2,1-4H3/t14-,20-/m0/s1. The summed E-state index contributed by atoms with van der Waals surface area (Å²) in [6.07, 6.45) is -3.69. The fourth-order valence-electron chi connectivity index (χ4n) is 4.80. The molecule has 0 unspecified atom stereocenters. The molecule has 1 amide bonds. The van der Waals surface area contributed by atoms with Gasteiger partial charge in [-0.25, -0.2) is 13.4 Å². The first-order chi connectivity index (χ1) is 18.2. The van der Waals surface area contributed by atoms with Crippen molar-refractivity contribution in [2.75, 3.05) is 31.0 Å². The van der Waals surface area contributed by atoms with E-state index in [0.717, 1.165) is 7.05 Å². The molecule has 0 aliphatic carbocycles. The van der Waals surface area contributed by atoms with Crippen LogP contribution in [0.1, 0.15) is 48.7 Å². The minimum absolute atomic E-state index is 0.00360. The molecule has 39 heavy (non-hydrogen) atoms. The minimum Gasteiger partial charge on any atom is -0.375 e. The monoisotopic (exact) mass is 588 g/mol. The number of hydrogen-bond acceptors (Lipinski definition) is 8. The van der Waals surface area contributed by atoms with Crippen molar-refractivity contribution in [3.8, 4) is 0 Å². The number of amides is 1. The molecule has 0 saturated carbocycles. The number of carbonyl (C=O) groups excluding carboxylic acids is 1. The maximum Gasteiger partial charge on any atom is 0.413 e. The second-order valence-corrected chi connectivity index (χ2v) is 12.2. The van der Waals surface area contributed by atoms with Crippen LogP contribution in [0.15, 0.2) is 24.4 Å². The number of nitrogens with one attached hydrogen (secondary N) is 1. The second-order valence-electron chi connectivity index (χ2n) is 9.54. The molecule has 1 aromatic carbocycles. The summed E-state index contributed by atoms with van der Waals surface area (Å²) in [5, 5.41) is 7.29. The number of aromatic nitrogens is 4. The van der Waals surface area contributed by atoms with Crippen molar-refractivity contribution in [1.82, 2.24) is 24.5 Å². The van der Waals surface area contributed by atoms with Crippen LogP contribution in [0, 0.1) is 12.8 Å². The van der Waals surface area contributed by atoms with E-state index < -0.39 is 40.0 Å². The van der Waals surface area contributed by atoms with Crippen molar-refractivity contribution in [2.24, 2.45) is 5.92 Å². The van der Waals surface area contributed by atoms with Crippen LogP contribution in [0.4, 0.5) is 24.5 Å². The molecule has 1 aliphatic heterocycles. The highest BCUT2D eigenvalue weighted by Gasteiger charge is 2.47. The van der Waals surface area contributed by atoms with Crippen molar-refractivity contribution in [3.63, 3.8) is 0 Å². The van der Waals surface area contributed by atoms with Gasteiger partial charge in [-0.2, -0.15) is 22.7 Å². The van der Waals surface area contributed by atoms with Gasteiger partial charge in [0, 0.05) is 25.8 Å². The SMILES string of the molecule is CO[C@@H](C)c1c(Nc2ccc([C@H](N(C)C(=O)C3CCS(=O)(=O)CC3)C(F)(F)F)c(C)c2)cnc2nc(Cl)nn12. The lowest BCUT2D eigenvalue weighted by Crippen LogP contribution is -2.44. The van der Waals surface area contributed by atoms with Gasteiger partial charge in [0.15, 0.2) is 6.04 Å². The molecule has 0 spiro atoms. The summed E-state index contributed by atoms with van der Waals surface area (Å²) in [6.45, 7) is 3.31. The number of carbonyl (C=O) groups is 1. The molecule has 212 valence electrons. The van der Waals surface area contributed by atoms with Gasteiger partial charge in [0.1, 0.15) is 9.84 Å². The Kier molecular flexibility index (Phi) is 8.11. The van der Waals surface area contributed by atoms with Crippen LogP contribution in [-0.4, -0.2) is 70.6 Å². The Morgan fingerprint density at radius 2 is 1.95 bits per heavy atom. The van der Waals surface area contributed by atoms with Gasteiger partial charge in [-0.05, 0) is 61.5 Å². The molecule has 1 N–H and O–H groups in total. The number of halogens is 4. The number of nitrogens with zero attached hydrogens (tertiary/aromatic N) is 5. The van der Waals surface area contributed by atoms with E-state index >= 15 is 0 Å². The molecule has 0 bridgehead atoms. The summed E-state index contributed by atoms with van der Waals surface area (Å²) in [6, 6.07) is 2.14. The average molecular weight is 589 g/mol. The van der Waals surface area contributed by atoms with E-state index in [0.29, 0.717) is 27.5 Å². The maximum atomic E-state index is 14.3. The van der Waals surface area contributed by atoms with E-state index in [1.54, 1.807) is 13.0 Å². The summed E-state index contributed by atoms with van der Waals surface area (Å²) in [7, 11) is -0.640. The molecule has 3 aromatic rings. The number of benzene rings is 1. The number of sulfone groups is 1. The third kappa shape index (κ3) is 6.12. The molecule has 0 radical (unpaired) electrons. The maximum absolute atomic E-state index is 14.3.